The molecule has 0 aliphatic carbocycles. The summed E-state index contributed by atoms with van der Waals surface area (Å²) in [6.07, 6.45) is 0. The van der Waals surface area contributed by atoms with Gasteiger partial charge in [-0.1, -0.05) is 36.4 Å². The first-order valence-electron chi connectivity index (χ1n) is 5.87. The molecule has 0 aromatic heterocycles. The number of aliphatic imine (C=N–C) groups is 1. The Labute approximate surface area is 122 Å². The van der Waals surface area contributed by atoms with Crippen LogP contribution in [-0.2, 0) is 14.7 Å². The second kappa shape index (κ2) is 6.35. The van der Waals surface area contributed by atoms with Crippen molar-refractivity contribution in [3.05, 3.63) is 60.7 Å². The van der Waals surface area contributed by atoms with Crippen LogP contribution in [0.3, 0.4) is 0 Å². The number of anilines is 1. The first-order valence-corrected chi connectivity index (χ1v) is 7.23. The van der Waals surface area contributed by atoms with Crippen LogP contribution in [0.5, 0.6) is 0 Å². The molecule has 2 aromatic carbocycles. The van der Waals surface area contributed by atoms with Crippen molar-refractivity contribution in [2.45, 2.75) is 0 Å². The van der Waals surface area contributed by atoms with E-state index in [0.29, 0.717) is 11.4 Å². The quantitative estimate of drug-likeness (QED) is 0.387. The minimum atomic E-state index is -4.74. The van der Waals surface area contributed by atoms with Crippen LogP contribution in [0.4, 0.5) is 11.4 Å². The van der Waals surface area contributed by atoms with Crippen LogP contribution in [-0.4, -0.2) is 18.9 Å². The van der Waals surface area contributed by atoms with Crippen molar-refractivity contribution in [2.75, 3.05) is 5.06 Å². The molecule has 0 saturated carbocycles. The molecule has 2 rings (SSSR count). The third-order valence-electron chi connectivity index (χ3n) is 2.37. The number of hydroxylamine groups is 1. The zero-order valence-corrected chi connectivity index (χ0v) is 11.6. The van der Waals surface area contributed by atoms with Gasteiger partial charge in [0.15, 0.2) is 0 Å². The van der Waals surface area contributed by atoms with Crippen LogP contribution < -0.4 is 10.8 Å². The Morgan fingerprint density at radius 1 is 1.05 bits per heavy atom. The van der Waals surface area contributed by atoms with Crippen molar-refractivity contribution >= 4 is 27.7 Å². The van der Waals surface area contributed by atoms with E-state index in [9.17, 15) is 8.42 Å². The number of hydrogen-bond acceptors (Lipinski definition) is 4. The Hall–Kier alpha value is -2.42. The fourth-order valence-corrected chi connectivity index (χ4v) is 1.90. The monoisotopic (exact) mass is 307 g/mol. The SMILES string of the molecule is NC(=Nc1ccccc1)N(OS(=O)(=O)O)c1ccccc1. The molecule has 7 nitrogen and oxygen atoms in total. The van der Waals surface area contributed by atoms with E-state index >= 15 is 0 Å². The molecule has 110 valence electrons. The fraction of sp³-hybridized carbons (Fsp3) is 0. The summed E-state index contributed by atoms with van der Waals surface area (Å²) in [5.41, 5.74) is 6.57. The van der Waals surface area contributed by atoms with Crippen molar-refractivity contribution in [3.8, 4) is 0 Å². The van der Waals surface area contributed by atoms with Gasteiger partial charge in [0.25, 0.3) is 0 Å². The number of para-hydroxylation sites is 2. The van der Waals surface area contributed by atoms with Gasteiger partial charge in [0.1, 0.15) is 0 Å². The molecule has 0 atom stereocenters. The molecule has 3 N–H and O–H groups in total. The van der Waals surface area contributed by atoms with E-state index in [0.717, 1.165) is 5.06 Å². The van der Waals surface area contributed by atoms with Crippen molar-refractivity contribution in [2.24, 2.45) is 10.7 Å². The molecule has 0 amide bonds. The molecule has 0 fully saturated rings. The number of nitrogens with two attached hydrogens (primary N) is 1. The number of benzene rings is 2. The van der Waals surface area contributed by atoms with Gasteiger partial charge >= 0.3 is 10.4 Å². The van der Waals surface area contributed by atoms with E-state index in [1.165, 1.54) is 0 Å². The second-order valence-electron chi connectivity index (χ2n) is 3.94. The Kier molecular flexibility index (Phi) is 4.53. The van der Waals surface area contributed by atoms with Crippen molar-refractivity contribution in [3.63, 3.8) is 0 Å². The second-order valence-corrected chi connectivity index (χ2v) is 4.94. The third kappa shape index (κ3) is 4.56. The Balaban J connectivity index is 2.38. The van der Waals surface area contributed by atoms with E-state index in [4.69, 9.17) is 10.3 Å². The summed E-state index contributed by atoms with van der Waals surface area (Å²) in [6.45, 7) is 0. The van der Waals surface area contributed by atoms with E-state index < -0.39 is 10.4 Å². The highest BCUT2D eigenvalue weighted by Gasteiger charge is 2.19. The summed E-state index contributed by atoms with van der Waals surface area (Å²) in [5.74, 6) is -0.245. The highest BCUT2D eigenvalue weighted by Crippen LogP contribution is 2.17. The lowest BCUT2D eigenvalue weighted by molar-refractivity contribution is 0.278. The Morgan fingerprint density at radius 2 is 1.57 bits per heavy atom. The number of nitrogens with zero attached hydrogens (tertiary/aromatic N) is 2. The van der Waals surface area contributed by atoms with E-state index in [1.54, 1.807) is 60.7 Å². The molecule has 0 heterocycles. The highest BCUT2D eigenvalue weighted by atomic mass is 32.3. The molecule has 0 bridgehead atoms. The smallest absolute Gasteiger partial charge is 0.367 e. The van der Waals surface area contributed by atoms with E-state index in [2.05, 4.69) is 9.28 Å². The summed E-state index contributed by atoms with van der Waals surface area (Å²) in [4.78, 5) is 4.04. The molecule has 21 heavy (non-hydrogen) atoms. The van der Waals surface area contributed by atoms with Crippen LogP contribution in [0.15, 0.2) is 65.7 Å². The van der Waals surface area contributed by atoms with E-state index in [-0.39, 0.29) is 5.96 Å². The number of hydrogen-bond donors (Lipinski definition) is 2. The van der Waals surface area contributed by atoms with Gasteiger partial charge in [-0.15, -0.1) is 4.28 Å². The number of guanidine groups is 1. The number of rotatable bonds is 4. The van der Waals surface area contributed by atoms with Crippen LogP contribution in [0.2, 0.25) is 0 Å². The molecule has 0 aliphatic heterocycles. The van der Waals surface area contributed by atoms with Gasteiger partial charge in [0.05, 0.1) is 11.4 Å². The van der Waals surface area contributed by atoms with Crippen LogP contribution in [0.1, 0.15) is 0 Å². The third-order valence-corrected chi connectivity index (χ3v) is 2.70. The maximum atomic E-state index is 11.0. The first kappa shape index (κ1) is 15.0. The molecule has 0 aliphatic rings. The molecule has 0 saturated heterocycles. The van der Waals surface area contributed by atoms with Gasteiger partial charge < -0.3 is 5.73 Å². The van der Waals surface area contributed by atoms with Crippen molar-refractivity contribution in [1.82, 2.24) is 0 Å². The average Bonchev–Trinajstić information content (AvgIpc) is 2.46. The van der Waals surface area contributed by atoms with Gasteiger partial charge in [-0.05, 0) is 24.3 Å². The van der Waals surface area contributed by atoms with Gasteiger partial charge in [0, 0.05) is 0 Å². The minimum absolute atomic E-state index is 0.245. The molecular weight excluding hydrogens is 294 g/mol. The largest absolute Gasteiger partial charge is 0.418 e. The lowest BCUT2D eigenvalue weighted by atomic mass is 10.3. The maximum Gasteiger partial charge on any atom is 0.418 e. The van der Waals surface area contributed by atoms with Crippen LogP contribution >= 0.6 is 0 Å². The Bertz CT molecular complexity index is 718. The van der Waals surface area contributed by atoms with Gasteiger partial charge in [-0.25, -0.2) is 4.99 Å². The summed E-state index contributed by atoms with van der Waals surface area (Å²) in [6, 6.07) is 16.8. The van der Waals surface area contributed by atoms with Crippen LogP contribution in [0, 0.1) is 0 Å². The fourth-order valence-electron chi connectivity index (χ4n) is 1.55. The maximum absolute atomic E-state index is 11.0. The summed E-state index contributed by atoms with van der Waals surface area (Å²) in [7, 11) is -4.74. The standard InChI is InChI=1S/C13H13N3O4S/c14-13(15-11-7-3-1-4-8-11)16(20-21(17,18)19)12-9-5-2-6-10-12/h1-10H,(H2,14,15)(H,17,18,19). The molecule has 8 heteroatoms. The molecule has 0 spiro atoms. The van der Waals surface area contributed by atoms with Crippen molar-refractivity contribution in [1.29, 1.82) is 0 Å². The minimum Gasteiger partial charge on any atom is -0.367 e. The summed E-state index contributed by atoms with van der Waals surface area (Å²) < 4.78 is 35.2. The zero-order chi connectivity index (χ0) is 15.3. The zero-order valence-electron chi connectivity index (χ0n) is 10.8. The predicted octanol–water partition coefficient (Wildman–Crippen LogP) is 1.87. The first-order chi connectivity index (χ1) is 9.96. The van der Waals surface area contributed by atoms with Gasteiger partial charge in [-0.3, -0.25) is 4.55 Å². The molecule has 2 aromatic rings. The lowest BCUT2D eigenvalue weighted by Gasteiger charge is -2.19. The Morgan fingerprint density at radius 3 is 2.10 bits per heavy atom. The topological polar surface area (TPSA) is 105 Å². The lowest BCUT2D eigenvalue weighted by Crippen LogP contribution is -2.39. The normalized spacial score (nSPS) is 12.1. The van der Waals surface area contributed by atoms with Gasteiger partial charge in [-0.2, -0.15) is 13.5 Å². The average molecular weight is 307 g/mol. The molecular formula is C13H13N3O4S. The van der Waals surface area contributed by atoms with Gasteiger partial charge in [0.2, 0.25) is 5.96 Å². The summed E-state index contributed by atoms with van der Waals surface area (Å²) >= 11 is 0. The highest BCUT2D eigenvalue weighted by molar-refractivity contribution is 7.81. The molecule has 0 radical (unpaired) electrons. The molecule has 0 unspecified atom stereocenters. The predicted molar refractivity (Wildman–Crippen MR) is 79.3 cm³/mol. The van der Waals surface area contributed by atoms with Crippen molar-refractivity contribution < 1.29 is 17.3 Å². The van der Waals surface area contributed by atoms with Crippen LogP contribution in [0.25, 0.3) is 0 Å². The van der Waals surface area contributed by atoms with E-state index in [1.807, 2.05) is 0 Å². The summed E-state index contributed by atoms with van der Waals surface area (Å²) in [5, 5.41) is 0.725.